The lowest BCUT2D eigenvalue weighted by molar-refractivity contribution is -0.154. The summed E-state index contributed by atoms with van der Waals surface area (Å²) >= 11 is 0. The van der Waals surface area contributed by atoms with E-state index in [9.17, 15) is 14.4 Å². The molecule has 1 N–H and O–H groups in total. The Balaban J connectivity index is 1.77. The lowest BCUT2D eigenvalue weighted by atomic mass is 9.98. The monoisotopic (exact) mass is 448 g/mol. The topological polar surface area (TPSA) is 104 Å². The van der Waals surface area contributed by atoms with Gasteiger partial charge in [0, 0.05) is 23.4 Å². The van der Waals surface area contributed by atoms with E-state index in [-0.39, 0.29) is 6.61 Å². The molecule has 1 unspecified atom stereocenters. The fourth-order valence-corrected chi connectivity index (χ4v) is 2.99. The van der Waals surface area contributed by atoms with E-state index in [0.717, 1.165) is 5.56 Å². The van der Waals surface area contributed by atoms with Gasteiger partial charge in [0.2, 0.25) is 5.88 Å². The van der Waals surface area contributed by atoms with Crippen LogP contribution < -0.4 is 14.8 Å². The lowest BCUT2D eigenvalue weighted by Gasteiger charge is -2.18. The van der Waals surface area contributed by atoms with Crippen molar-refractivity contribution in [3.63, 3.8) is 0 Å². The number of amides is 1. The number of nitrogens with zero attached hydrogens (tertiary/aromatic N) is 1. The second-order valence-electron chi connectivity index (χ2n) is 6.92. The molecule has 1 atom stereocenters. The van der Waals surface area contributed by atoms with Crippen molar-refractivity contribution < 1.29 is 28.6 Å². The molecule has 0 aliphatic rings. The Hall–Kier alpha value is -4.20. The summed E-state index contributed by atoms with van der Waals surface area (Å²) in [5.41, 5.74) is 1.74. The summed E-state index contributed by atoms with van der Waals surface area (Å²) in [6.45, 7) is 2.02. The number of pyridine rings is 1. The number of ether oxygens (including phenoxy) is 3. The van der Waals surface area contributed by atoms with Crippen molar-refractivity contribution in [2.24, 2.45) is 0 Å². The molecule has 8 nitrogen and oxygen atoms in total. The molecule has 0 aliphatic heterocycles. The van der Waals surface area contributed by atoms with Crippen LogP contribution >= 0.6 is 0 Å². The first-order valence-corrected chi connectivity index (χ1v) is 10.3. The Morgan fingerprint density at radius 2 is 1.70 bits per heavy atom. The molecule has 1 aromatic heterocycles. The van der Waals surface area contributed by atoms with Crippen molar-refractivity contribution >= 4 is 17.7 Å². The number of carbonyl (C=O) groups excluding carboxylic acids is 3. The molecule has 0 bridgehead atoms. The Morgan fingerprint density at radius 1 is 0.970 bits per heavy atom. The minimum atomic E-state index is -1.14. The van der Waals surface area contributed by atoms with Crippen LogP contribution in [0.15, 0.2) is 72.9 Å². The van der Waals surface area contributed by atoms with Crippen LogP contribution in [-0.2, 0) is 20.9 Å². The van der Waals surface area contributed by atoms with Crippen LogP contribution in [0.2, 0.25) is 0 Å². The smallest absolute Gasteiger partial charge is 0.396 e. The van der Waals surface area contributed by atoms with E-state index in [4.69, 9.17) is 14.2 Å². The average molecular weight is 448 g/mol. The molecule has 3 rings (SSSR count). The molecule has 1 heterocycles. The molecule has 0 saturated carbocycles. The van der Waals surface area contributed by atoms with E-state index in [1.54, 1.807) is 43.3 Å². The van der Waals surface area contributed by atoms with E-state index < -0.39 is 23.7 Å². The number of aromatic nitrogens is 1. The molecule has 3 aromatic rings. The number of hydrogen-bond donors (Lipinski definition) is 1. The summed E-state index contributed by atoms with van der Waals surface area (Å²) in [7, 11) is 1.47. The van der Waals surface area contributed by atoms with Crippen LogP contribution in [0.3, 0.4) is 0 Å². The van der Waals surface area contributed by atoms with Gasteiger partial charge in [0.15, 0.2) is 5.78 Å². The molecule has 8 heteroatoms. The molecule has 0 aliphatic carbocycles. The Bertz CT molecular complexity index is 1080. The maximum atomic E-state index is 13.2. The van der Waals surface area contributed by atoms with Crippen molar-refractivity contribution in [2.75, 3.05) is 13.7 Å². The number of esters is 1. The second kappa shape index (κ2) is 11.4. The summed E-state index contributed by atoms with van der Waals surface area (Å²) in [6, 6.07) is 18.3. The Morgan fingerprint density at radius 3 is 2.30 bits per heavy atom. The van der Waals surface area contributed by atoms with E-state index >= 15 is 0 Å². The highest BCUT2D eigenvalue weighted by Gasteiger charge is 2.28. The molecule has 0 saturated heterocycles. The predicted octanol–water partition coefficient (Wildman–Crippen LogP) is 3.27. The minimum absolute atomic E-state index is 0.0411. The molecule has 0 spiro atoms. The van der Waals surface area contributed by atoms with Crippen LogP contribution in [0, 0.1) is 0 Å². The fourth-order valence-electron chi connectivity index (χ4n) is 2.99. The largest absolute Gasteiger partial charge is 0.489 e. The van der Waals surface area contributed by atoms with Gasteiger partial charge in [0.1, 0.15) is 18.4 Å². The lowest BCUT2D eigenvalue weighted by Crippen LogP contribution is -2.39. The summed E-state index contributed by atoms with van der Waals surface area (Å²) < 4.78 is 15.5. The number of benzene rings is 2. The third kappa shape index (κ3) is 6.39. The first kappa shape index (κ1) is 23.5. The van der Waals surface area contributed by atoms with E-state index in [1.807, 2.05) is 30.3 Å². The standard InChI is InChI=1S/C25H24N2O6/c1-3-32-25(30)24(29)27-22(19-11-14-21(31-2)26-15-19)23(28)18-9-12-20(13-10-18)33-16-17-7-5-4-6-8-17/h4-15,22H,3,16H2,1-2H3,(H,27,29). The van der Waals surface area contributed by atoms with E-state index in [1.165, 1.54) is 13.3 Å². The molecular weight excluding hydrogens is 424 g/mol. The SMILES string of the molecule is CCOC(=O)C(=O)NC(C(=O)c1ccc(OCc2ccccc2)cc1)c1ccc(OC)nc1. The first-order valence-electron chi connectivity index (χ1n) is 10.3. The van der Waals surface area contributed by atoms with Gasteiger partial charge >= 0.3 is 11.9 Å². The number of nitrogens with one attached hydrogen (secondary N) is 1. The van der Waals surface area contributed by atoms with Crippen LogP contribution in [0.4, 0.5) is 0 Å². The van der Waals surface area contributed by atoms with Gasteiger partial charge in [-0.2, -0.15) is 0 Å². The van der Waals surface area contributed by atoms with Crippen molar-refractivity contribution in [2.45, 2.75) is 19.6 Å². The Kier molecular flexibility index (Phi) is 8.13. The van der Waals surface area contributed by atoms with Gasteiger partial charge in [0.25, 0.3) is 0 Å². The number of methoxy groups -OCH3 is 1. The molecule has 2 aromatic carbocycles. The fraction of sp³-hybridized carbons (Fsp3) is 0.200. The number of ketones is 1. The quantitative estimate of drug-likeness (QED) is 0.304. The average Bonchev–Trinajstić information content (AvgIpc) is 2.86. The zero-order valence-electron chi connectivity index (χ0n) is 18.3. The molecule has 0 fully saturated rings. The Labute approximate surface area is 191 Å². The second-order valence-corrected chi connectivity index (χ2v) is 6.92. The van der Waals surface area contributed by atoms with Crippen LogP contribution in [0.1, 0.15) is 34.5 Å². The molecule has 33 heavy (non-hydrogen) atoms. The first-order chi connectivity index (χ1) is 16.0. The van der Waals surface area contributed by atoms with Gasteiger partial charge in [-0.25, -0.2) is 9.78 Å². The van der Waals surface area contributed by atoms with Gasteiger partial charge in [0.05, 0.1) is 13.7 Å². The number of hydrogen-bond acceptors (Lipinski definition) is 7. The molecule has 0 radical (unpaired) electrons. The van der Waals surface area contributed by atoms with Crippen molar-refractivity contribution in [3.8, 4) is 11.6 Å². The highest BCUT2D eigenvalue weighted by molar-refractivity contribution is 6.33. The van der Waals surface area contributed by atoms with Gasteiger partial charge in [-0.05, 0) is 42.8 Å². The van der Waals surface area contributed by atoms with Gasteiger partial charge in [-0.1, -0.05) is 30.3 Å². The third-order valence-corrected chi connectivity index (χ3v) is 4.69. The maximum Gasteiger partial charge on any atom is 0.396 e. The zero-order chi connectivity index (χ0) is 23.6. The number of Topliss-reactive ketones (excluding diaryl/α,β-unsaturated/α-hetero) is 1. The normalized spacial score (nSPS) is 11.2. The number of rotatable bonds is 9. The highest BCUT2D eigenvalue weighted by Crippen LogP contribution is 2.22. The van der Waals surface area contributed by atoms with E-state index in [2.05, 4.69) is 10.3 Å². The van der Waals surface area contributed by atoms with Crippen LogP contribution in [0.5, 0.6) is 11.6 Å². The number of carbonyl (C=O) groups is 3. The van der Waals surface area contributed by atoms with Crippen LogP contribution in [0.25, 0.3) is 0 Å². The zero-order valence-corrected chi connectivity index (χ0v) is 18.3. The highest BCUT2D eigenvalue weighted by atomic mass is 16.5. The van der Waals surface area contributed by atoms with Gasteiger partial charge in [-0.15, -0.1) is 0 Å². The predicted molar refractivity (Wildman–Crippen MR) is 120 cm³/mol. The van der Waals surface area contributed by atoms with Crippen molar-refractivity contribution in [1.82, 2.24) is 10.3 Å². The minimum Gasteiger partial charge on any atom is -0.489 e. The summed E-state index contributed by atoms with van der Waals surface area (Å²) in [4.78, 5) is 41.4. The maximum absolute atomic E-state index is 13.2. The van der Waals surface area contributed by atoms with Gasteiger partial charge < -0.3 is 19.5 Å². The van der Waals surface area contributed by atoms with Crippen molar-refractivity contribution in [1.29, 1.82) is 0 Å². The third-order valence-electron chi connectivity index (χ3n) is 4.69. The molecular formula is C25H24N2O6. The van der Waals surface area contributed by atoms with Gasteiger partial charge in [-0.3, -0.25) is 9.59 Å². The summed E-state index contributed by atoms with van der Waals surface area (Å²) in [6.07, 6.45) is 1.41. The molecule has 170 valence electrons. The van der Waals surface area contributed by atoms with E-state index in [0.29, 0.717) is 29.4 Å². The molecule has 1 amide bonds. The van der Waals surface area contributed by atoms with Crippen molar-refractivity contribution in [3.05, 3.63) is 89.6 Å². The van der Waals surface area contributed by atoms with Crippen LogP contribution in [-0.4, -0.2) is 36.4 Å². The summed E-state index contributed by atoms with van der Waals surface area (Å²) in [5.74, 6) is -1.57. The summed E-state index contributed by atoms with van der Waals surface area (Å²) in [5, 5.41) is 2.44.